The van der Waals surface area contributed by atoms with Gasteiger partial charge in [-0.15, -0.1) is 0 Å². The Morgan fingerprint density at radius 3 is 2.08 bits per heavy atom. The van der Waals surface area contributed by atoms with Gasteiger partial charge in [-0.3, -0.25) is 4.79 Å². The van der Waals surface area contributed by atoms with Crippen LogP contribution >= 0.6 is 11.6 Å². The topological polar surface area (TPSA) is 77.1 Å². The molecule has 8 nitrogen and oxygen atoms in total. The molecule has 1 aromatic heterocycles. The number of pyridine rings is 1. The number of rotatable bonds is 3. The lowest BCUT2D eigenvalue weighted by Gasteiger charge is -2.39. The minimum Gasteiger partial charge on any atom is -0.336 e. The number of hydrogen-bond donors (Lipinski definition) is 0. The van der Waals surface area contributed by atoms with Crippen molar-refractivity contribution in [2.75, 3.05) is 59.4 Å². The Morgan fingerprint density at radius 2 is 1.56 bits per heavy atom. The molecule has 10 heteroatoms. The summed E-state index contributed by atoms with van der Waals surface area (Å²) in [5.74, 6) is -0.152. The first-order valence-electron chi connectivity index (χ1n) is 8.22. The molecule has 0 aliphatic carbocycles. The van der Waals surface area contributed by atoms with Crippen LogP contribution in [-0.4, -0.2) is 97.1 Å². The molecule has 0 spiro atoms. The molecule has 3 heterocycles. The molecule has 0 saturated carbocycles. The standard InChI is InChI=1S/C15H22ClN5O3S/c1-18-4-8-20(9-5-18)25(23,24)21-10-6-19(7-11-21)15(22)13-2-3-14(16)17-12-13/h2-3,12H,4-11H2,1H3. The summed E-state index contributed by atoms with van der Waals surface area (Å²) in [6.07, 6.45) is 1.44. The molecule has 0 bridgehead atoms. The molecular formula is C15H22ClN5O3S. The van der Waals surface area contributed by atoms with Crippen LogP contribution in [0.25, 0.3) is 0 Å². The lowest BCUT2D eigenvalue weighted by molar-refractivity contribution is 0.0692. The van der Waals surface area contributed by atoms with Gasteiger partial charge < -0.3 is 9.80 Å². The maximum absolute atomic E-state index is 12.7. The highest BCUT2D eigenvalue weighted by atomic mass is 35.5. The molecule has 138 valence electrons. The number of nitrogens with zero attached hydrogens (tertiary/aromatic N) is 5. The SMILES string of the molecule is CN1CCN(S(=O)(=O)N2CCN(C(=O)c3ccc(Cl)nc3)CC2)CC1. The van der Waals surface area contributed by atoms with Gasteiger partial charge >= 0.3 is 0 Å². The summed E-state index contributed by atoms with van der Waals surface area (Å²) in [5.41, 5.74) is 0.458. The Labute approximate surface area is 153 Å². The smallest absolute Gasteiger partial charge is 0.282 e. The van der Waals surface area contributed by atoms with Gasteiger partial charge in [0.25, 0.3) is 16.1 Å². The molecule has 2 aliphatic heterocycles. The average molecular weight is 388 g/mol. The first kappa shape index (κ1) is 18.5. The fourth-order valence-electron chi connectivity index (χ4n) is 2.99. The molecule has 25 heavy (non-hydrogen) atoms. The summed E-state index contributed by atoms with van der Waals surface area (Å²) in [4.78, 5) is 20.1. The van der Waals surface area contributed by atoms with Gasteiger partial charge in [0.1, 0.15) is 5.15 Å². The molecule has 0 radical (unpaired) electrons. The third-order valence-corrected chi connectivity index (χ3v) is 6.87. The minimum absolute atomic E-state index is 0.152. The molecule has 0 atom stereocenters. The monoisotopic (exact) mass is 387 g/mol. The number of likely N-dealkylation sites (N-methyl/N-ethyl adjacent to an activating group) is 1. The maximum atomic E-state index is 12.7. The van der Waals surface area contributed by atoms with Crippen LogP contribution in [0.5, 0.6) is 0 Å². The van der Waals surface area contributed by atoms with Crippen LogP contribution in [0.3, 0.4) is 0 Å². The van der Waals surface area contributed by atoms with Crippen molar-refractivity contribution < 1.29 is 13.2 Å². The highest BCUT2D eigenvalue weighted by Crippen LogP contribution is 2.16. The molecule has 3 rings (SSSR count). The van der Waals surface area contributed by atoms with E-state index in [0.717, 1.165) is 13.1 Å². The largest absolute Gasteiger partial charge is 0.336 e. The Hall–Kier alpha value is -1.26. The number of aromatic nitrogens is 1. The summed E-state index contributed by atoms with van der Waals surface area (Å²) >= 11 is 5.74. The van der Waals surface area contributed by atoms with Gasteiger partial charge in [0.2, 0.25) is 0 Å². The summed E-state index contributed by atoms with van der Waals surface area (Å²) in [6.45, 7) is 3.84. The zero-order valence-corrected chi connectivity index (χ0v) is 15.7. The van der Waals surface area contributed by atoms with Crippen molar-refractivity contribution in [2.45, 2.75) is 0 Å². The van der Waals surface area contributed by atoms with Gasteiger partial charge in [0.05, 0.1) is 5.56 Å². The zero-order valence-electron chi connectivity index (χ0n) is 14.1. The number of piperazine rings is 2. The van der Waals surface area contributed by atoms with E-state index in [0.29, 0.717) is 50.0 Å². The van der Waals surface area contributed by atoms with E-state index in [1.54, 1.807) is 17.0 Å². The summed E-state index contributed by atoms with van der Waals surface area (Å²) in [5, 5.41) is 0.333. The molecule has 0 unspecified atom stereocenters. The van der Waals surface area contributed by atoms with Crippen molar-refractivity contribution in [3.8, 4) is 0 Å². The van der Waals surface area contributed by atoms with Gasteiger partial charge in [-0.25, -0.2) is 4.98 Å². The number of carbonyl (C=O) groups is 1. The van der Waals surface area contributed by atoms with Gasteiger partial charge in [0, 0.05) is 58.6 Å². The Balaban J connectivity index is 1.59. The van der Waals surface area contributed by atoms with Crippen LogP contribution in [0, 0.1) is 0 Å². The molecule has 2 aliphatic rings. The third kappa shape index (κ3) is 4.12. The van der Waals surface area contributed by atoms with Crippen LogP contribution in [0.2, 0.25) is 5.15 Å². The van der Waals surface area contributed by atoms with Crippen LogP contribution < -0.4 is 0 Å². The van der Waals surface area contributed by atoms with Gasteiger partial charge in [-0.2, -0.15) is 17.0 Å². The highest BCUT2D eigenvalue weighted by Gasteiger charge is 2.34. The number of amides is 1. The molecule has 2 fully saturated rings. The molecule has 0 aromatic carbocycles. The van der Waals surface area contributed by atoms with Gasteiger partial charge in [0.15, 0.2) is 0 Å². The Morgan fingerprint density at radius 1 is 1.00 bits per heavy atom. The predicted molar refractivity (Wildman–Crippen MR) is 94.7 cm³/mol. The molecule has 2 saturated heterocycles. The van der Waals surface area contributed by atoms with Crippen molar-refractivity contribution in [1.29, 1.82) is 0 Å². The molecular weight excluding hydrogens is 366 g/mol. The number of hydrogen-bond acceptors (Lipinski definition) is 5. The second kappa shape index (κ2) is 7.55. The van der Waals surface area contributed by atoms with E-state index >= 15 is 0 Å². The summed E-state index contributed by atoms with van der Waals surface area (Å²) in [6, 6.07) is 3.20. The fourth-order valence-corrected chi connectivity index (χ4v) is 4.68. The van der Waals surface area contributed by atoms with E-state index in [4.69, 9.17) is 11.6 Å². The summed E-state index contributed by atoms with van der Waals surface area (Å²) < 4.78 is 28.5. The second-order valence-corrected chi connectivity index (χ2v) is 8.59. The lowest BCUT2D eigenvalue weighted by Crippen LogP contribution is -2.57. The molecule has 1 aromatic rings. The third-order valence-electron chi connectivity index (χ3n) is 4.62. The Kier molecular flexibility index (Phi) is 5.59. The van der Waals surface area contributed by atoms with Crippen LogP contribution in [0.1, 0.15) is 10.4 Å². The number of carbonyl (C=O) groups excluding carboxylic acids is 1. The van der Waals surface area contributed by atoms with Crippen LogP contribution in [0.15, 0.2) is 18.3 Å². The maximum Gasteiger partial charge on any atom is 0.282 e. The predicted octanol–water partition coefficient (Wildman–Crippen LogP) is -0.0150. The molecule has 0 N–H and O–H groups in total. The van der Waals surface area contributed by atoms with Crippen molar-refractivity contribution in [2.24, 2.45) is 0 Å². The van der Waals surface area contributed by atoms with E-state index in [9.17, 15) is 13.2 Å². The van der Waals surface area contributed by atoms with E-state index in [-0.39, 0.29) is 5.91 Å². The van der Waals surface area contributed by atoms with Crippen molar-refractivity contribution in [1.82, 2.24) is 23.4 Å². The van der Waals surface area contributed by atoms with Crippen molar-refractivity contribution in [3.63, 3.8) is 0 Å². The zero-order chi connectivity index (χ0) is 18.0. The molecule has 1 amide bonds. The first-order valence-corrected chi connectivity index (χ1v) is 10.00. The average Bonchev–Trinajstić information content (AvgIpc) is 2.62. The quantitative estimate of drug-likeness (QED) is 0.681. The van der Waals surface area contributed by atoms with E-state index in [1.165, 1.54) is 14.8 Å². The first-order chi connectivity index (χ1) is 11.9. The van der Waals surface area contributed by atoms with E-state index < -0.39 is 10.2 Å². The van der Waals surface area contributed by atoms with Crippen LogP contribution in [0.4, 0.5) is 0 Å². The van der Waals surface area contributed by atoms with Gasteiger partial charge in [-0.05, 0) is 19.2 Å². The van der Waals surface area contributed by atoms with Gasteiger partial charge in [-0.1, -0.05) is 11.6 Å². The van der Waals surface area contributed by atoms with E-state index in [1.807, 2.05) is 7.05 Å². The fraction of sp³-hybridized carbons (Fsp3) is 0.600. The Bertz CT molecular complexity index is 711. The normalized spacial score (nSPS) is 21.4. The number of halogens is 1. The van der Waals surface area contributed by atoms with Crippen LogP contribution in [-0.2, 0) is 10.2 Å². The summed E-state index contributed by atoms with van der Waals surface area (Å²) in [7, 11) is -1.47. The van der Waals surface area contributed by atoms with Crippen molar-refractivity contribution in [3.05, 3.63) is 29.0 Å². The lowest BCUT2D eigenvalue weighted by atomic mass is 10.2. The second-order valence-electron chi connectivity index (χ2n) is 6.27. The highest BCUT2D eigenvalue weighted by molar-refractivity contribution is 7.86. The van der Waals surface area contributed by atoms with Crippen molar-refractivity contribution >= 4 is 27.7 Å². The van der Waals surface area contributed by atoms with E-state index in [2.05, 4.69) is 9.88 Å². The minimum atomic E-state index is -3.46.